The number of carbonyl (C=O) groups is 2. The zero-order chi connectivity index (χ0) is 20.2. The predicted octanol–water partition coefficient (Wildman–Crippen LogP) is 2.56. The van der Waals surface area contributed by atoms with Gasteiger partial charge >= 0.3 is 6.18 Å². The van der Waals surface area contributed by atoms with E-state index in [1.165, 1.54) is 13.0 Å². The number of halogens is 3. The van der Waals surface area contributed by atoms with Crippen molar-refractivity contribution < 1.29 is 22.8 Å². The Morgan fingerprint density at radius 2 is 1.78 bits per heavy atom. The van der Waals surface area contributed by atoms with E-state index in [9.17, 15) is 22.8 Å². The minimum Gasteiger partial charge on any atom is -0.369 e. The Hall–Kier alpha value is -2.09. The van der Waals surface area contributed by atoms with E-state index in [2.05, 4.69) is 5.32 Å². The number of rotatable bonds is 6. The average Bonchev–Trinajstić information content (AvgIpc) is 2.59. The van der Waals surface area contributed by atoms with Crippen LogP contribution in [-0.4, -0.2) is 55.4 Å². The molecule has 0 aromatic heterocycles. The van der Waals surface area contributed by atoms with Crippen molar-refractivity contribution in [1.82, 2.24) is 10.2 Å². The van der Waals surface area contributed by atoms with Crippen LogP contribution in [-0.2, 0) is 15.8 Å². The third-order valence-corrected chi connectivity index (χ3v) is 4.70. The van der Waals surface area contributed by atoms with Gasteiger partial charge in [0.2, 0.25) is 5.91 Å². The van der Waals surface area contributed by atoms with Gasteiger partial charge in [-0.3, -0.25) is 14.5 Å². The standard InChI is InChI=1S/C19H26F3N3O2/c1-13(2)18(14(3)26)23-17(27)12-24-7-9-25(10-8-24)16-6-4-5-15(11-16)19(20,21)22/h4-6,11,13,18H,7-10,12H2,1-3H3,(H,23,27). The van der Waals surface area contributed by atoms with Gasteiger partial charge < -0.3 is 10.2 Å². The molecule has 27 heavy (non-hydrogen) atoms. The number of benzene rings is 1. The first-order chi connectivity index (χ1) is 12.6. The first kappa shape index (κ1) is 21.2. The summed E-state index contributed by atoms with van der Waals surface area (Å²) >= 11 is 0. The molecule has 0 saturated carbocycles. The van der Waals surface area contributed by atoms with Gasteiger partial charge in [-0.2, -0.15) is 13.2 Å². The quantitative estimate of drug-likeness (QED) is 0.818. The molecule has 0 aliphatic carbocycles. The molecule has 1 aliphatic heterocycles. The summed E-state index contributed by atoms with van der Waals surface area (Å²) in [5, 5.41) is 2.76. The van der Waals surface area contributed by atoms with Gasteiger partial charge in [-0.05, 0) is 31.0 Å². The van der Waals surface area contributed by atoms with E-state index in [4.69, 9.17) is 0 Å². The molecule has 1 aromatic rings. The Morgan fingerprint density at radius 3 is 2.30 bits per heavy atom. The van der Waals surface area contributed by atoms with Crippen molar-refractivity contribution in [2.45, 2.75) is 33.0 Å². The van der Waals surface area contributed by atoms with E-state index in [0.29, 0.717) is 31.9 Å². The van der Waals surface area contributed by atoms with Crippen molar-refractivity contribution in [2.24, 2.45) is 5.92 Å². The smallest absolute Gasteiger partial charge is 0.369 e. The highest BCUT2D eigenvalue weighted by Gasteiger charge is 2.31. The van der Waals surface area contributed by atoms with Crippen molar-refractivity contribution in [3.63, 3.8) is 0 Å². The molecule has 150 valence electrons. The molecule has 2 rings (SSSR count). The lowest BCUT2D eigenvalue weighted by Crippen LogP contribution is -2.52. The van der Waals surface area contributed by atoms with Gasteiger partial charge in [-0.15, -0.1) is 0 Å². The second kappa shape index (κ2) is 8.73. The molecule has 1 atom stereocenters. The van der Waals surface area contributed by atoms with Crippen molar-refractivity contribution in [3.05, 3.63) is 29.8 Å². The molecule has 1 unspecified atom stereocenters. The summed E-state index contributed by atoms with van der Waals surface area (Å²) in [6, 6.07) is 4.79. The number of hydrogen-bond donors (Lipinski definition) is 1. The Morgan fingerprint density at radius 1 is 1.15 bits per heavy atom. The van der Waals surface area contributed by atoms with E-state index in [-0.39, 0.29) is 24.2 Å². The Balaban J connectivity index is 1.88. The Bertz CT molecular complexity index is 668. The largest absolute Gasteiger partial charge is 0.416 e. The van der Waals surface area contributed by atoms with Crippen LogP contribution in [0.2, 0.25) is 0 Å². The monoisotopic (exact) mass is 385 g/mol. The average molecular weight is 385 g/mol. The van der Waals surface area contributed by atoms with Crippen molar-refractivity contribution in [3.8, 4) is 0 Å². The SMILES string of the molecule is CC(=O)C(NC(=O)CN1CCN(c2cccc(C(F)(F)F)c2)CC1)C(C)C. The summed E-state index contributed by atoms with van der Waals surface area (Å²) in [6.45, 7) is 7.59. The second-order valence-corrected chi connectivity index (χ2v) is 7.21. The third kappa shape index (κ3) is 5.95. The lowest BCUT2D eigenvalue weighted by molar-refractivity contribution is -0.137. The third-order valence-electron chi connectivity index (χ3n) is 4.70. The normalized spacial score (nSPS) is 17.1. The fourth-order valence-electron chi connectivity index (χ4n) is 3.20. The molecular weight excluding hydrogens is 359 g/mol. The molecule has 1 aromatic carbocycles. The number of carbonyl (C=O) groups excluding carboxylic acids is 2. The van der Waals surface area contributed by atoms with Gasteiger partial charge in [0.25, 0.3) is 0 Å². The van der Waals surface area contributed by atoms with Gasteiger partial charge in [0.1, 0.15) is 0 Å². The number of nitrogens with zero attached hydrogens (tertiary/aromatic N) is 2. The van der Waals surface area contributed by atoms with Gasteiger partial charge in [0, 0.05) is 31.9 Å². The minimum absolute atomic E-state index is 0.0178. The minimum atomic E-state index is -4.36. The fraction of sp³-hybridized carbons (Fsp3) is 0.579. The number of piperazine rings is 1. The number of hydrogen-bond acceptors (Lipinski definition) is 4. The van der Waals surface area contributed by atoms with E-state index in [0.717, 1.165) is 12.1 Å². The van der Waals surface area contributed by atoms with E-state index in [1.54, 1.807) is 6.07 Å². The number of amides is 1. The number of nitrogens with one attached hydrogen (secondary N) is 1. The summed E-state index contributed by atoms with van der Waals surface area (Å²) in [4.78, 5) is 27.6. The zero-order valence-electron chi connectivity index (χ0n) is 15.8. The highest BCUT2D eigenvalue weighted by molar-refractivity contribution is 5.88. The maximum atomic E-state index is 12.9. The topological polar surface area (TPSA) is 52.7 Å². The van der Waals surface area contributed by atoms with E-state index in [1.807, 2.05) is 23.6 Å². The number of anilines is 1. The molecule has 0 spiro atoms. The predicted molar refractivity (Wildman–Crippen MR) is 97.5 cm³/mol. The van der Waals surface area contributed by atoms with Crippen LogP contribution in [0.5, 0.6) is 0 Å². The highest BCUT2D eigenvalue weighted by atomic mass is 19.4. The maximum absolute atomic E-state index is 12.9. The molecule has 5 nitrogen and oxygen atoms in total. The lowest BCUT2D eigenvalue weighted by atomic mass is 10.0. The van der Waals surface area contributed by atoms with Crippen LogP contribution in [0.4, 0.5) is 18.9 Å². The Labute approximate surface area is 157 Å². The molecule has 8 heteroatoms. The molecule has 1 fully saturated rings. The van der Waals surface area contributed by atoms with Crippen LogP contribution in [0.25, 0.3) is 0 Å². The molecule has 0 bridgehead atoms. The number of ketones is 1. The first-order valence-corrected chi connectivity index (χ1v) is 9.02. The van der Waals surface area contributed by atoms with Crippen molar-refractivity contribution >= 4 is 17.4 Å². The summed E-state index contributed by atoms with van der Waals surface area (Å²) in [5.74, 6) is -0.270. The van der Waals surface area contributed by atoms with Gasteiger partial charge in [-0.1, -0.05) is 19.9 Å². The lowest BCUT2D eigenvalue weighted by Gasteiger charge is -2.36. The second-order valence-electron chi connectivity index (χ2n) is 7.21. The maximum Gasteiger partial charge on any atom is 0.416 e. The van der Waals surface area contributed by atoms with Crippen molar-refractivity contribution in [2.75, 3.05) is 37.6 Å². The highest BCUT2D eigenvalue weighted by Crippen LogP contribution is 2.31. The van der Waals surface area contributed by atoms with Crippen LogP contribution in [0.15, 0.2) is 24.3 Å². The van der Waals surface area contributed by atoms with Gasteiger partial charge in [0.05, 0.1) is 18.2 Å². The van der Waals surface area contributed by atoms with E-state index < -0.39 is 17.8 Å². The van der Waals surface area contributed by atoms with Crippen LogP contribution in [0, 0.1) is 5.92 Å². The zero-order valence-corrected chi connectivity index (χ0v) is 15.8. The summed E-state index contributed by atoms with van der Waals surface area (Å²) in [5.41, 5.74) is -0.129. The Kier molecular flexibility index (Phi) is 6.86. The fourth-order valence-corrected chi connectivity index (χ4v) is 3.20. The van der Waals surface area contributed by atoms with Gasteiger partial charge in [-0.25, -0.2) is 0 Å². The summed E-state index contributed by atoms with van der Waals surface area (Å²) in [7, 11) is 0. The van der Waals surface area contributed by atoms with Crippen LogP contribution in [0.3, 0.4) is 0 Å². The van der Waals surface area contributed by atoms with E-state index >= 15 is 0 Å². The van der Waals surface area contributed by atoms with Crippen LogP contribution in [0.1, 0.15) is 26.3 Å². The molecule has 1 saturated heterocycles. The number of alkyl halides is 3. The molecular formula is C19H26F3N3O2. The molecule has 1 aliphatic rings. The summed E-state index contributed by atoms with van der Waals surface area (Å²) < 4.78 is 38.6. The van der Waals surface area contributed by atoms with Crippen molar-refractivity contribution in [1.29, 1.82) is 0 Å². The molecule has 1 amide bonds. The molecule has 0 radical (unpaired) electrons. The van der Waals surface area contributed by atoms with Gasteiger partial charge in [0.15, 0.2) is 5.78 Å². The first-order valence-electron chi connectivity index (χ1n) is 9.02. The molecule has 1 N–H and O–H groups in total. The van der Waals surface area contributed by atoms with Crippen LogP contribution >= 0.6 is 0 Å². The summed E-state index contributed by atoms with van der Waals surface area (Å²) in [6.07, 6.45) is -4.36. The van der Waals surface area contributed by atoms with Crippen LogP contribution < -0.4 is 10.2 Å². The molecule has 1 heterocycles. The number of Topliss-reactive ketones (excluding diaryl/α,β-unsaturated/α-hetero) is 1.